The van der Waals surface area contributed by atoms with Crippen molar-refractivity contribution in [1.82, 2.24) is 9.78 Å². The van der Waals surface area contributed by atoms with E-state index in [4.69, 9.17) is 0 Å². The van der Waals surface area contributed by atoms with Gasteiger partial charge in [0.15, 0.2) is 0 Å². The molecule has 0 aliphatic heterocycles. The van der Waals surface area contributed by atoms with E-state index in [1.165, 1.54) is 11.8 Å². The minimum atomic E-state index is -0.728. The average Bonchev–Trinajstić information content (AvgIpc) is 2.41. The van der Waals surface area contributed by atoms with E-state index in [9.17, 15) is 9.59 Å². The number of methoxy groups -OCH3 is 1. The minimum absolute atomic E-state index is 0.206. The highest BCUT2D eigenvalue weighted by Crippen LogP contribution is 2.15. The first-order valence-electron chi connectivity index (χ1n) is 5.48. The molecule has 2 rings (SSSR count). The van der Waals surface area contributed by atoms with E-state index in [2.05, 4.69) is 32.4 Å². The predicted molar refractivity (Wildman–Crippen MR) is 78.6 cm³/mol. The van der Waals surface area contributed by atoms with E-state index in [0.717, 1.165) is 9.26 Å². The number of carbonyl (C=O) groups is 1. The van der Waals surface area contributed by atoms with Crippen LogP contribution in [-0.2, 0) is 4.74 Å². The number of aryl methyl sites for hydroxylation is 1. The Balaban J connectivity index is 2.67. The van der Waals surface area contributed by atoms with E-state index in [1.807, 2.05) is 24.3 Å². The molecular weight excluding hydrogens is 359 g/mol. The first-order chi connectivity index (χ1) is 9.04. The molecule has 1 aromatic heterocycles. The standard InChI is InChI=1S/C13H11IN2O3/c1-8-7-16(10-6-4-3-5-9(10)14)15-11(12(8)17)13(18)19-2/h3-7H,1-2H3. The predicted octanol–water partition coefficient (Wildman–Crippen LogP) is 1.93. The zero-order valence-corrected chi connectivity index (χ0v) is 12.5. The third kappa shape index (κ3) is 2.67. The summed E-state index contributed by atoms with van der Waals surface area (Å²) < 4.78 is 7.06. The summed E-state index contributed by atoms with van der Waals surface area (Å²) in [6, 6.07) is 7.55. The lowest BCUT2D eigenvalue weighted by Gasteiger charge is -2.09. The van der Waals surface area contributed by atoms with Crippen LogP contribution in [-0.4, -0.2) is 22.9 Å². The molecule has 0 fully saturated rings. The summed E-state index contributed by atoms with van der Waals surface area (Å²) in [6.45, 7) is 1.64. The highest BCUT2D eigenvalue weighted by Gasteiger charge is 2.16. The number of carbonyl (C=O) groups excluding carboxylic acids is 1. The SMILES string of the molecule is COC(=O)c1nn(-c2ccccc2I)cc(C)c1=O. The van der Waals surface area contributed by atoms with Crippen LogP contribution in [0.5, 0.6) is 0 Å². The van der Waals surface area contributed by atoms with E-state index < -0.39 is 11.4 Å². The highest BCUT2D eigenvalue weighted by molar-refractivity contribution is 14.1. The molecule has 0 amide bonds. The average molecular weight is 370 g/mol. The second kappa shape index (κ2) is 5.52. The van der Waals surface area contributed by atoms with Gasteiger partial charge in [-0.1, -0.05) is 12.1 Å². The largest absolute Gasteiger partial charge is 0.464 e. The number of ether oxygens (including phenoxy) is 1. The van der Waals surface area contributed by atoms with Gasteiger partial charge in [0.1, 0.15) is 0 Å². The minimum Gasteiger partial charge on any atom is -0.464 e. The van der Waals surface area contributed by atoms with Crippen molar-refractivity contribution in [2.75, 3.05) is 7.11 Å². The van der Waals surface area contributed by atoms with Crippen molar-refractivity contribution in [2.24, 2.45) is 0 Å². The van der Waals surface area contributed by atoms with Crippen molar-refractivity contribution < 1.29 is 9.53 Å². The fraction of sp³-hybridized carbons (Fsp3) is 0.154. The number of para-hydroxylation sites is 1. The van der Waals surface area contributed by atoms with Crippen LogP contribution in [0.2, 0.25) is 0 Å². The maximum atomic E-state index is 11.9. The molecule has 2 aromatic rings. The Bertz CT molecular complexity index is 695. The molecule has 5 nitrogen and oxygen atoms in total. The molecule has 0 radical (unpaired) electrons. The molecule has 0 atom stereocenters. The number of rotatable bonds is 2. The zero-order chi connectivity index (χ0) is 14.0. The second-order valence-corrected chi connectivity index (χ2v) is 5.04. The smallest absolute Gasteiger partial charge is 0.362 e. The Morgan fingerprint density at radius 3 is 2.68 bits per heavy atom. The number of benzene rings is 1. The normalized spacial score (nSPS) is 10.3. The fourth-order valence-corrected chi connectivity index (χ4v) is 2.24. The van der Waals surface area contributed by atoms with Gasteiger partial charge >= 0.3 is 5.97 Å². The van der Waals surface area contributed by atoms with Gasteiger partial charge in [-0.2, -0.15) is 5.10 Å². The molecule has 0 saturated carbocycles. The molecule has 0 saturated heterocycles. The molecule has 98 valence electrons. The summed E-state index contributed by atoms with van der Waals surface area (Å²) in [5.74, 6) is -0.728. The first-order valence-corrected chi connectivity index (χ1v) is 6.56. The Hall–Kier alpha value is -1.70. The number of esters is 1. The summed E-state index contributed by atoms with van der Waals surface area (Å²) in [5, 5.41) is 4.06. The Morgan fingerprint density at radius 1 is 1.37 bits per heavy atom. The van der Waals surface area contributed by atoms with Crippen molar-refractivity contribution in [3.63, 3.8) is 0 Å². The molecule has 0 bridgehead atoms. The van der Waals surface area contributed by atoms with Gasteiger partial charge in [-0.15, -0.1) is 0 Å². The van der Waals surface area contributed by atoms with Gasteiger partial charge in [0.2, 0.25) is 11.1 Å². The van der Waals surface area contributed by atoms with Crippen LogP contribution in [0.25, 0.3) is 5.69 Å². The Labute approximate surface area is 123 Å². The number of nitrogens with zero attached hydrogens (tertiary/aromatic N) is 2. The molecule has 0 aliphatic rings. The molecule has 1 aromatic carbocycles. The maximum absolute atomic E-state index is 11.9. The van der Waals surface area contributed by atoms with Gasteiger partial charge in [-0.3, -0.25) is 4.79 Å². The van der Waals surface area contributed by atoms with Crippen LogP contribution >= 0.6 is 22.6 Å². The molecule has 0 spiro atoms. The van der Waals surface area contributed by atoms with Crippen LogP contribution in [0.4, 0.5) is 0 Å². The molecule has 0 aliphatic carbocycles. The van der Waals surface area contributed by atoms with Gasteiger partial charge in [0.25, 0.3) is 0 Å². The number of hydrogen-bond donors (Lipinski definition) is 0. The Morgan fingerprint density at radius 2 is 2.05 bits per heavy atom. The molecule has 0 N–H and O–H groups in total. The van der Waals surface area contributed by atoms with Gasteiger partial charge in [-0.05, 0) is 41.6 Å². The van der Waals surface area contributed by atoms with Gasteiger partial charge in [0, 0.05) is 15.3 Å². The van der Waals surface area contributed by atoms with E-state index in [0.29, 0.717) is 5.56 Å². The highest BCUT2D eigenvalue weighted by atomic mass is 127. The third-order valence-electron chi connectivity index (χ3n) is 2.57. The Kier molecular flexibility index (Phi) is 3.98. The topological polar surface area (TPSA) is 61.2 Å². The van der Waals surface area contributed by atoms with Crippen LogP contribution in [0, 0.1) is 10.5 Å². The number of hydrogen-bond acceptors (Lipinski definition) is 4. The quantitative estimate of drug-likeness (QED) is 0.599. The molecule has 0 unspecified atom stereocenters. The van der Waals surface area contributed by atoms with E-state index in [-0.39, 0.29) is 5.69 Å². The van der Waals surface area contributed by atoms with Gasteiger partial charge in [0.05, 0.1) is 12.8 Å². The van der Waals surface area contributed by atoms with E-state index in [1.54, 1.807) is 13.1 Å². The van der Waals surface area contributed by atoms with Crippen molar-refractivity contribution in [1.29, 1.82) is 0 Å². The number of halogens is 1. The molecular formula is C13H11IN2O3. The summed E-state index contributed by atoms with van der Waals surface area (Å²) in [5.41, 5.74) is 0.627. The zero-order valence-electron chi connectivity index (χ0n) is 10.4. The summed E-state index contributed by atoms with van der Waals surface area (Å²) in [4.78, 5) is 23.4. The van der Waals surface area contributed by atoms with Crippen LogP contribution < -0.4 is 5.43 Å². The lowest BCUT2D eigenvalue weighted by atomic mass is 10.2. The van der Waals surface area contributed by atoms with Gasteiger partial charge < -0.3 is 4.74 Å². The van der Waals surface area contributed by atoms with Crippen LogP contribution in [0.1, 0.15) is 16.1 Å². The van der Waals surface area contributed by atoms with Crippen LogP contribution in [0.3, 0.4) is 0 Å². The first kappa shape index (κ1) is 13.7. The number of aromatic nitrogens is 2. The maximum Gasteiger partial charge on any atom is 0.362 e. The lowest BCUT2D eigenvalue weighted by molar-refractivity contribution is 0.0590. The summed E-state index contributed by atoms with van der Waals surface area (Å²) >= 11 is 2.17. The van der Waals surface area contributed by atoms with E-state index >= 15 is 0 Å². The summed E-state index contributed by atoms with van der Waals surface area (Å²) in [6.07, 6.45) is 1.60. The fourth-order valence-electron chi connectivity index (χ4n) is 1.60. The molecule has 1 heterocycles. The summed E-state index contributed by atoms with van der Waals surface area (Å²) in [7, 11) is 1.22. The molecule has 19 heavy (non-hydrogen) atoms. The van der Waals surface area contributed by atoms with Crippen molar-refractivity contribution >= 4 is 28.6 Å². The van der Waals surface area contributed by atoms with Crippen molar-refractivity contribution in [3.8, 4) is 5.69 Å². The monoisotopic (exact) mass is 370 g/mol. The van der Waals surface area contributed by atoms with Crippen molar-refractivity contribution in [3.05, 3.63) is 55.5 Å². The molecule has 6 heteroatoms. The van der Waals surface area contributed by atoms with Gasteiger partial charge in [-0.25, -0.2) is 9.48 Å². The third-order valence-corrected chi connectivity index (χ3v) is 3.49. The van der Waals surface area contributed by atoms with Crippen molar-refractivity contribution in [2.45, 2.75) is 6.92 Å². The second-order valence-electron chi connectivity index (χ2n) is 3.88. The lowest BCUT2D eigenvalue weighted by Crippen LogP contribution is -2.24. The van der Waals surface area contributed by atoms with Crippen LogP contribution in [0.15, 0.2) is 35.3 Å².